The van der Waals surface area contributed by atoms with Crippen LogP contribution in [-0.4, -0.2) is 29.0 Å². The van der Waals surface area contributed by atoms with Crippen molar-refractivity contribution in [2.24, 2.45) is 0 Å². The Labute approximate surface area is 117 Å². The number of benzene rings is 1. The van der Waals surface area contributed by atoms with Gasteiger partial charge in [-0.2, -0.15) is 4.98 Å². The number of aryl methyl sites for hydroxylation is 1. The lowest BCUT2D eigenvalue weighted by Crippen LogP contribution is -2.24. The predicted octanol–water partition coefficient (Wildman–Crippen LogP) is 2.40. The molecule has 4 nitrogen and oxygen atoms in total. The van der Waals surface area contributed by atoms with E-state index in [1.54, 1.807) is 0 Å². The Morgan fingerprint density at radius 2 is 2.32 bits per heavy atom. The van der Waals surface area contributed by atoms with Gasteiger partial charge >= 0.3 is 0 Å². The molecule has 1 aliphatic heterocycles. The van der Waals surface area contributed by atoms with Crippen LogP contribution in [-0.2, 0) is 6.42 Å². The number of thioether (sulfide) groups is 1. The molecule has 0 radical (unpaired) electrons. The van der Waals surface area contributed by atoms with E-state index in [1.165, 1.54) is 16.2 Å². The van der Waals surface area contributed by atoms with Gasteiger partial charge in [0.2, 0.25) is 5.89 Å². The number of nitrogens with zero attached hydrogens (tertiary/aromatic N) is 2. The minimum atomic E-state index is 0.616. The molecule has 19 heavy (non-hydrogen) atoms. The maximum Gasteiger partial charge on any atom is 0.227 e. The largest absolute Gasteiger partial charge is 0.339 e. The van der Waals surface area contributed by atoms with Gasteiger partial charge < -0.3 is 9.84 Å². The molecule has 1 aromatic carbocycles. The van der Waals surface area contributed by atoms with Crippen LogP contribution < -0.4 is 5.32 Å². The Hall–Kier alpha value is -1.33. The molecule has 2 aromatic rings. The van der Waals surface area contributed by atoms with Gasteiger partial charge in [0.15, 0.2) is 5.82 Å². The zero-order valence-electron chi connectivity index (χ0n) is 10.9. The van der Waals surface area contributed by atoms with Gasteiger partial charge in [-0.15, -0.1) is 11.8 Å². The van der Waals surface area contributed by atoms with Crippen molar-refractivity contribution in [3.63, 3.8) is 0 Å². The highest BCUT2D eigenvalue weighted by molar-refractivity contribution is 7.99. The second kappa shape index (κ2) is 5.75. The molecular weight excluding hydrogens is 258 g/mol. The minimum absolute atomic E-state index is 0.616. The number of hydrogen-bond donors (Lipinski definition) is 1. The van der Waals surface area contributed by atoms with Gasteiger partial charge in [0.1, 0.15) is 0 Å². The number of hydrogen-bond acceptors (Lipinski definition) is 5. The minimum Gasteiger partial charge on any atom is -0.339 e. The second-order valence-electron chi connectivity index (χ2n) is 4.74. The van der Waals surface area contributed by atoms with E-state index in [0.717, 1.165) is 19.5 Å². The maximum absolute atomic E-state index is 5.09. The number of fused-ring (bicyclic) bond motifs is 1. The molecule has 0 bridgehead atoms. The number of aromatic nitrogens is 2. The molecule has 0 saturated heterocycles. The average molecular weight is 275 g/mol. The highest BCUT2D eigenvalue weighted by Gasteiger charge is 2.21. The third-order valence-corrected chi connectivity index (χ3v) is 4.53. The van der Waals surface area contributed by atoms with E-state index < -0.39 is 0 Å². The van der Waals surface area contributed by atoms with Crippen molar-refractivity contribution in [3.05, 3.63) is 41.5 Å². The van der Waals surface area contributed by atoms with Crippen LogP contribution in [0.5, 0.6) is 0 Å². The lowest BCUT2D eigenvalue weighted by molar-refractivity contribution is 0.372. The molecule has 5 heteroatoms. The lowest BCUT2D eigenvalue weighted by atomic mass is 10.0. The van der Waals surface area contributed by atoms with Gasteiger partial charge in [0.25, 0.3) is 0 Å². The summed E-state index contributed by atoms with van der Waals surface area (Å²) in [5.41, 5.74) is 1.48. The van der Waals surface area contributed by atoms with E-state index >= 15 is 0 Å². The highest BCUT2D eigenvalue weighted by Crippen LogP contribution is 2.38. The first kappa shape index (κ1) is 12.7. The average Bonchev–Trinajstić information content (AvgIpc) is 3.02. The Morgan fingerprint density at radius 1 is 1.42 bits per heavy atom. The molecule has 1 unspecified atom stereocenters. The van der Waals surface area contributed by atoms with Crippen molar-refractivity contribution in [3.8, 4) is 0 Å². The highest BCUT2D eigenvalue weighted by atomic mass is 32.2. The first-order valence-corrected chi connectivity index (χ1v) is 7.53. The van der Waals surface area contributed by atoms with Gasteiger partial charge in [-0.05, 0) is 18.6 Å². The molecule has 1 aliphatic rings. The predicted molar refractivity (Wildman–Crippen MR) is 75.5 cm³/mol. The maximum atomic E-state index is 5.09. The van der Waals surface area contributed by atoms with Crippen molar-refractivity contribution < 1.29 is 4.52 Å². The van der Waals surface area contributed by atoms with E-state index in [2.05, 4.69) is 39.7 Å². The van der Waals surface area contributed by atoms with Crippen molar-refractivity contribution in [2.45, 2.75) is 24.2 Å². The van der Waals surface area contributed by atoms with E-state index in [9.17, 15) is 0 Å². The molecule has 0 fully saturated rings. The first-order chi connectivity index (χ1) is 9.33. The van der Waals surface area contributed by atoms with Crippen LogP contribution in [0.4, 0.5) is 0 Å². The van der Waals surface area contributed by atoms with Gasteiger partial charge in [-0.1, -0.05) is 23.4 Å². The van der Waals surface area contributed by atoms with Crippen LogP contribution in [0.1, 0.15) is 23.2 Å². The summed E-state index contributed by atoms with van der Waals surface area (Å²) in [5.74, 6) is 3.21. The molecule has 0 spiro atoms. The fourth-order valence-corrected chi connectivity index (χ4v) is 3.57. The molecule has 1 aromatic heterocycles. The van der Waals surface area contributed by atoms with Crippen LogP contribution in [0.2, 0.25) is 0 Å². The number of rotatable bonds is 5. The molecule has 0 aliphatic carbocycles. The smallest absolute Gasteiger partial charge is 0.227 e. The molecule has 3 rings (SSSR count). The van der Waals surface area contributed by atoms with Crippen LogP contribution >= 0.6 is 11.8 Å². The normalized spacial score (nSPS) is 17.6. The number of nitrogens with one attached hydrogen (secondary N) is 1. The van der Waals surface area contributed by atoms with Gasteiger partial charge in [0, 0.05) is 36.1 Å². The fraction of sp³-hybridized carbons (Fsp3) is 0.429. The first-order valence-electron chi connectivity index (χ1n) is 6.54. The Kier molecular flexibility index (Phi) is 3.84. The van der Waals surface area contributed by atoms with Crippen molar-refractivity contribution in [2.75, 3.05) is 18.8 Å². The zero-order valence-corrected chi connectivity index (χ0v) is 11.7. The molecule has 1 N–H and O–H groups in total. The summed E-state index contributed by atoms with van der Waals surface area (Å²) in [7, 11) is 0. The Balaban J connectivity index is 1.46. The standard InChI is InChI=1S/C14H17N3OS/c1-10-16-14(18-17-10)6-7-15-8-11-9-19-13-5-3-2-4-12(11)13/h2-5,11,15H,6-9H2,1H3. The van der Waals surface area contributed by atoms with Gasteiger partial charge in [-0.25, -0.2) is 0 Å². The lowest BCUT2D eigenvalue weighted by Gasteiger charge is -2.11. The van der Waals surface area contributed by atoms with Crippen molar-refractivity contribution in [1.29, 1.82) is 0 Å². The molecule has 2 heterocycles. The molecule has 100 valence electrons. The van der Waals surface area contributed by atoms with E-state index in [4.69, 9.17) is 4.52 Å². The van der Waals surface area contributed by atoms with E-state index in [-0.39, 0.29) is 0 Å². The van der Waals surface area contributed by atoms with Crippen molar-refractivity contribution >= 4 is 11.8 Å². The van der Waals surface area contributed by atoms with Crippen LogP contribution in [0.25, 0.3) is 0 Å². The summed E-state index contributed by atoms with van der Waals surface area (Å²) in [5, 5.41) is 7.27. The third-order valence-electron chi connectivity index (χ3n) is 3.27. The van der Waals surface area contributed by atoms with Crippen LogP contribution in [0.3, 0.4) is 0 Å². The summed E-state index contributed by atoms with van der Waals surface area (Å²) >= 11 is 1.95. The second-order valence-corrected chi connectivity index (χ2v) is 5.80. The van der Waals surface area contributed by atoms with Gasteiger partial charge in [0.05, 0.1) is 0 Å². The van der Waals surface area contributed by atoms with Crippen LogP contribution in [0.15, 0.2) is 33.7 Å². The molecule has 0 saturated carbocycles. The summed E-state index contributed by atoms with van der Waals surface area (Å²) in [6.07, 6.45) is 0.794. The third kappa shape index (κ3) is 2.98. The summed E-state index contributed by atoms with van der Waals surface area (Å²) in [6.45, 7) is 3.73. The zero-order chi connectivity index (χ0) is 13.1. The fourth-order valence-electron chi connectivity index (χ4n) is 2.31. The SMILES string of the molecule is Cc1noc(CCNCC2CSc3ccccc32)n1. The molecule has 1 atom stereocenters. The van der Waals surface area contributed by atoms with Gasteiger partial charge in [-0.3, -0.25) is 0 Å². The molecule has 0 amide bonds. The van der Waals surface area contributed by atoms with E-state index in [1.807, 2.05) is 18.7 Å². The summed E-state index contributed by atoms with van der Waals surface area (Å²) in [4.78, 5) is 5.63. The van der Waals surface area contributed by atoms with Crippen LogP contribution in [0, 0.1) is 6.92 Å². The molecular formula is C14H17N3OS. The summed E-state index contributed by atoms with van der Waals surface area (Å²) < 4.78 is 5.09. The Morgan fingerprint density at radius 3 is 3.16 bits per heavy atom. The topological polar surface area (TPSA) is 51.0 Å². The Bertz CT molecular complexity index is 555. The monoisotopic (exact) mass is 275 g/mol. The quantitative estimate of drug-likeness (QED) is 0.849. The van der Waals surface area contributed by atoms with E-state index in [0.29, 0.717) is 17.6 Å². The van der Waals surface area contributed by atoms with Crippen molar-refractivity contribution in [1.82, 2.24) is 15.5 Å². The summed E-state index contributed by atoms with van der Waals surface area (Å²) in [6, 6.07) is 8.68.